The number of nitrogens with one attached hydrogen (secondary N) is 1. The molecule has 2 rings (SSSR count). The van der Waals surface area contributed by atoms with E-state index in [1.807, 2.05) is 0 Å². The highest BCUT2D eigenvalue weighted by Crippen LogP contribution is 2.34. The molecule has 0 radical (unpaired) electrons. The molecule has 20 heavy (non-hydrogen) atoms. The van der Waals surface area contributed by atoms with Crippen LogP contribution in [0.5, 0.6) is 0 Å². The molecule has 8 heteroatoms. The van der Waals surface area contributed by atoms with Gasteiger partial charge >= 0.3 is 0 Å². The molecule has 0 bridgehead atoms. The van der Waals surface area contributed by atoms with E-state index in [1.54, 1.807) is 5.38 Å². The second-order valence-electron chi connectivity index (χ2n) is 4.91. The number of hydrogen-bond donors (Lipinski definition) is 2. The number of halogens is 2. The van der Waals surface area contributed by atoms with E-state index in [2.05, 4.69) is 29.3 Å². The lowest BCUT2D eigenvalue weighted by Crippen LogP contribution is -2.41. The summed E-state index contributed by atoms with van der Waals surface area (Å²) < 4.78 is 0. The van der Waals surface area contributed by atoms with Crippen LogP contribution in [-0.4, -0.2) is 42.5 Å². The summed E-state index contributed by atoms with van der Waals surface area (Å²) in [6.45, 7) is 1.08. The third-order valence-corrected chi connectivity index (χ3v) is 4.13. The van der Waals surface area contributed by atoms with Gasteiger partial charge in [0.15, 0.2) is 0 Å². The van der Waals surface area contributed by atoms with Crippen LogP contribution in [0.25, 0.3) is 0 Å². The molecule has 1 aromatic rings. The van der Waals surface area contributed by atoms with Crippen molar-refractivity contribution in [2.75, 3.05) is 20.6 Å². The number of aromatic nitrogens is 1. The molecule has 1 amide bonds. The molecule has 1 fully saturated rings. The van der Waals surface area contributed by atoms with Crippen molar-refractivity contribution >= 4 is 42.1 Å². The van der Waals surface area contributed by atoms with Crippen molar-refractivity contribution in [3.05, 3.63) is 16.1 Å². The smallest absolute Gasteiger partial charge is 0.270 e. The third kappa shape index (κ3) is 5.18. The zero-order chi connectivity index (χ0) is 13.1. The van der Waals surface area contributed by atoms with Gasteiger partial charge in [0.1, 0.15) is 10.7 Å². The highest BCUT2D eigenvalue weighted by Gasteiger charge is 2.32. The molecule has 1 saturated carbocycles. The van der Waals surface area contributed by atoms with Gasteiger partial charge in [-0.2, -0.15) is 0 Å². The van der Waals surface area contributed by atoms with Gasteiger partial charge < -0.3 is 16.0 Å². The number of likely N-dealkylation sites (N-methyl/N-ethyl adjacent to an activating group) is 1. The largest absolute Gasteiger partial charge is 0.349 e. The Kier molecular flexibility index (Phi) is 8.62. The first kappa shape index (κ1) is 19.6. The number of rotatable bonds is 6. The molecule has 1 aliphatic rings. The Hall–Kier alpha value is -0.400. The Morgan fingerprint density at radius 3 is 2.65 bits per heavy atom. The topological polar surface area (TPSA) is 71.2 Å². The van der Waals surface area contributed by atoms with Crippen molar-refractivity contribution in [1.29, 1.82) is 0 Å². The minimum absolute atomic E-state index is 0. The highest BCUT2D eigenvalue weighted by molar-refractivity contribution is 7.09. The van der Waals surface area contributed by atoms with Gasteiger partial charge in [-0.05, 0) is 32.9 Å². The quantitative estimate of drug-likeness (QED) is 0.823. The van der Waals surface area contributed by atoms with E-state index in [4.69, 9.17) is 5.73 Å². The molecule has 1 heterocycles. The van der Waals surface area contributed by atoms with E-state index >= 15 is 0 Å². The number of nitrogens with two attached hydrogens (primary N) is 1. The normalized spacial score (nSPS) is 15.2. The van der Waals surface area contributed by atoms with Crippen molar-refractivity contribution < 1.29 is 4.79 Å². The predicted molar refractivity (Wildman–Crippen MR) is 87.0 cm³/mol. The molecule has 1 aliphatic carbocycles. The van der Waals surface area contributed by atoms with Crippen molar-refractivity contribution in [2.45, 2.75) is 25.4 Å². The van der Waals surface area contributed by atoms with Gasteiger partial charge in [-0.15, -0.1) is 36.2 Å². The molecule has 116 valence electrons. The Morgan fingerprint density at radius 2 is 2.20 bits per heavy atom. The number of hydrogen-bond acceptors (Lipinski definition) is 5. The van der Waals surface area contributed by atoms with Crippen LogP contribution >= 0.6 is 36.2 Å². The maximum atomic E-state index is 11.9. The van der Waals surface area contributed by atoms with Crippen LogP contribution in [0.15, 0.2) is 5.38 Å². The first-order valence-electron chi connectivity index (χ1n) is 6.21. The third-order valence-electron chi connectivity index (χ3n) is 3.26. The summed E-state index contributed by atoms with van der Waals surface area (Å²) in [6, 6.07) is 0.432. The van der Waals surface area contributed by atoms with Crippen molar-refractivity contribution in [2.24, 2.45) is 11.7 Å². The highest BCUT2D eigenvalue weighted by atomic mass is 35.5. The average Bonchev–Trinajstić information content (AvgIpc) is 3.05. The summed E-state index contributed by atoms with van der Waals surface area (Å²) in [5.74, 6) is 0.633. The van der Waals surface area contributed by atoms with Gasteiger partial charge in [0.2, 0.25) is 0 Å². The summed E-state index contributed by atoms with van der Waals surface area (Å²) in [4.78, 5) is 18.3. The molecule has 1 unspecified atom stereocenters. The van der Waals surface area contributed by atoms with Crippen LogP contribution in [0.2, 0.25) is 0 Å². The first-order valence-corrected chi connectivity index (χ1v) is 7.09. The summed E-state index contributed by atoms with van der Waals surface area (Å²) >= 11 is 1.43. The zero-order valence-corrected chi connectivity index (χ0v) is 14.1. The monoisotopic (exact) mass is 340 g/mol. The van der Waals surface area contributed by atoms with Crippen LogP contribution in [-0.2, 0) is 6.54 Å². The Bertz CT molecular complexity index is 421. The number of carbonyl (C=O) groups excluding carboxylic acids is 1. The number of amides is 1. The molecule has 1 atom stereocenters. The van der Waals surface area contributed by atoms with Gasteiger partial charge in [-0.25, -0.2) is 4.98 Å². The maximum Gasteiger partial charge on any atom is 0.270 e. The Balaban J connectivity index is 0.00000180. The van der Waals surface area contributed by atoms with Crippen molar-refractivity contribution in [3.8, 4) is 0 Å². The van der Waals surface area contributed by atoms with Crippen LogP contribution in [0.1, 0.15) is 28.3 Å². The van der Waals surface area contributed by atoms with E-state index in [0.717, 1.165) is 10.9 Å². The number of carbonyl (C=O) groups is 1. The Morgan fingerprint density at radius 1 is 1.55 bits per heavy atom. The lowest BCUT2D eigenvalue weighted by molar-refractivity contribution is 0.0934. The van der Waals surface area contributed by atoms with E-state index in [1.165, 1.54) is 24.2 Å². The molecule has 0 aromatic carbocycles. The molecule has 5 nitrogen and oxygen atoms in total. The lowest BCUT2D eigenvalue weighted by Gasteiger charge is -2.24. The zero-order valence-electron chi connectivity index (χ0n) is 11.7. The molecular formula is C12H22Cl2N4OS. The average molecular weight is 341 g/mol. The van der Waals surface area contributed by atoms with Crippen LogP contribution < -0.4 is 11.1 Å². The molecule has 0 spiro atoms. The van der Waals surface area contributed by atoms with Gasteiger partial charge in [0.05, 0.1) is 0 Å². The van der Waals surface area contributed by atoms with Gasteiger partial charge in [0, 0.05) is 24.5 Å². The molecule has 1 aromatic heterocycles. The van der Waals surface area contributed by atoms with Gasteiger partial charge in [-0.3, -0.25) is 4.79 Å². The van der Waals surface area contributed by atoms with Crippen molar-refractivity contribution in [3.63, 3.8) is 0 Å². The van der Waals surface area contributed by atoms with Crippen LogP contribution in [0, 0.1) is 5.92 Å². The summed E-state index contributed by atoms with van der Waals surface area (Å²) in [6.07, 6.45) is 2.54. The Labute approximate surface area is 136 Å². The van der Waals surface area contributed by atoms with Crippen LogP contribution in [0.3, 0.4) is 0 Å². The van der Waals surface area contributed by atoms with E-state index in [9.17, 15) is 4.79 Å². The fourth-order valence-electron chi connectivity index (χ4n) is 2.05. The maximum absolute atomic E-state index is 11.9. The summed E-state index contributed by atoms with van der Waals surface area (Å²) in [5, 5.41) is 5.52. The van der Waals surface area contributed by atoms with E-state index in [0.29, 0.717) is 24.8 Å². The molecular weight excluding hydrogens is 319 g/mol. The predicted octanol–water partition coefficient (Wildman–Crippen LogP) is 1.52. The first-order chi connectivity index (χ1) is 8.61. The minimum atomic E-state index is -0.0987. The van der Waals surface area contributed by atoms with E-state index < -0.39 is 0 Å². The lowest BCUT2D eigenvalue weighted by atomic mass is 10.1. The molecule has 0 saturated heterocycles. The fraction of sp³-hybridized carbons (Fsp3) is 0.667. The number of nitrogens with zero attached hydrogens (tertiary/aromatic N) is 2. The number of thiazole rings is 1. The summed E-state index contributed by atoms with van der Waals surface area (Å²) in [7, 11) is 4.12. The second kappa shape index (κ2) is 8.79. The van der Waals surface area contributed by atoms with Gasteiger partial charge in [0.25, 0.3) is 5.91 Å². The van der Waals surface area contributed by atoms with Gasteiger partial charge in [-0.1, -0.05) is 0 Å². The standard InChI is InChI=1S/C12H20N4OS.2ClH/c1-16(2)10(8-3-4-8)6-14-12(17)9-7-18-11(5-13)15-9;;/h7-8,10H,3-6,13H2,1-2H3,(H,14,17);2*1H. The summed E-state index contributed by atoms with van der Waals surface area (Å²) in [5.41, 5.74) is 5.96. The van der Waals surface area contributed by atoms with Crippen LogP contribution in [0.4, 0.5) is 0 Å². The van der Waals surface area contributed by atoms with E-state index in [-0.39, 0.29) is 30.7 Å². The van der Waals surface area contributed by atoms with Crippen molar-refractivity contribution in [1.82, 2.24) is 15.2 Å². The SMILES string of the molecule is CN(C)C(CNC(=O)c1csc(CN)n1)C1CC1.Cl.Cl. The molecule has 3 N–H and O–H groups in total. The second-order valence-corrected chi connectivity index (χ2v) is 5.85. The minimum Gasteiger partial charge on any atom is -0.349 e. The molecule has 0 aliphatic heterocycles. The fourth-order valence-corrected chi connectivity index (χ4v) is 2.70.